The van der Waals surface area contributed by atoms with Crippen molar-refractivity contribution in [2.24, 2.45) is 17.1 Å². The quantitative estimate of drug-likeness (QED) is 0.807. The third kappa shape index (κ3) is 4.43. The van der Waals surface area contributed by atoms with E-state index < -0.39 is 10.0 Å². The van der Waals surface area contributed by atoms with Crippen molar-refractivity contribution in [3.8, 4) is 5.75 Å². The molecule has 0 spiro atoms. The van der Waals surface area contributed by atoms with Crippen molar-refractivity contribution in [1.29, 1.82) is 0 Å². The molecule has 0 saturated carbocycles. The number of nitrogens with two attached hydrogens (primary N) is 1. The van der Waals surface area contributed by atoms with E-state index in [1.807, 2.05) is 13.8 Å². The lowest BCUT2D eigenvalue weighted by Crippen LogP contribution is -2.37. The zero-order valence-corrected chi connectivity index (χ0v) is 14.3. The monoisotopic (exact) mass is 314 g/mol. The van der Waals surface area contributed by atoms with Crippen molar-refractivity contribution in [1.82, 2.24) is 4.72 Å². The Morgan fingerprint density at radius 2 is 1.95 bits per heavy atom. The molecule has 0 saturated heterocycles. The Hall–Kier alpha value is -1.11. The molecular weight excluding hydrogens is 288 g/mol. The number of rotatable bonds is 7. The predicted molar refractivity (Wildman–Crippen MR) is 84.7 cm³/mol. The van der Waals surface area contributed by atoms with Gasteiger partial charge in [-0.05, 0) is 29.5 Å². The number of sulfonamides is 1. The first-order valence-corrected chi connectivity index (χ1v) is 8.49. The zero-order chi connectivity index (χ0) is 16.3. The van der Waals surface area contributed by atoms with E-state index in [2.05, 4.69) is 18.6 Å². The minimum atomic E-state index is -3.55. The molecule has 21 heavy (non-hydrogen) atoms. The van der Waals surface area contributed by atoms with Crippen LogP contribution in [-0.2, 0) is 16.6 Å². The Morgan fingerprint density at radius 3 is 2.43 bits per heavy atom. The Bertz CT molecular complexity index is 581. The highest BCUT2D eigenvalue weighted by molar-refractivity contribution is 7.89. The van der Waals surface area contributed by atoms with Gasteiger partial charge in [0.25, 0.3) is 0 Å². The van der Waals surface area contributed by atoms with E-state index in [-0.39, 0.29) is 16.9 Å². The molecule has 1 aromatic carbocycles. The third-order valence-electron chi connectivity index (χ3n) is 4.06. The van der Waals surface area contributed by atoms with Crippen LogP contribution in [0.3, 0.4) is 0 Å². The first-order valence-electron chi connectivity index (χ1n) is 7.00. The number of hydrogen-bond donors (Lipinski definition) is 2. The summed E-state index contributed by atoms with van der Waals surface area (Å²) in [5.74, 6) is 0.967. The van der Waals surface area contributed by atoms with Gasteiger partial charge in [0.2, 0.25) is 10.0 Å². The summed E-state index contributed by atoms with van der Waals surface area (Å²) in [5, 5.41) is 0. The number of nitrogens with one attached hydrogen (secondary N) is 1. The number of hydrogen-bond acceptors (Lipinski definition) is 4. The van der Waals surface area contributed by atoms with Crippen molar-refractivity contribution < 1.29 is 13.2 Å². The topological polar surface area (TPSA) is 81.4 Å². The van der Waals surface area contributed by atoms with E-state index in [0.717, 1.165) is 0 Å². The molecule has 0 amide bonds. The van der Waals surface area contributed by atoms with Crippen LogP contribution >= 0.6 is 0 Å². The van der Waals surface area contributed by atoms with Crippen LogP contribution in [0.2, 0.25) is 0 Å². The van der Waals surface area contributed by atoms with Crippen LogP contribution in [0.5, 0.6) is 5.75 Å². The fourth-order valence-electron chi connectivity index (χ4n) is 1.65. The first kappa shape index (κ1) is 17.9. The molecule has 0 aliphatic carbocycles. The van der Waals surface area contributed by atoms with E-state index in [1.54, 1.807) is 12.1 Å². The van der Waals surface area contributed by atoms with Crippen LogP contribution in [0.4, 0.5) is 0 Å². The van der Waals surface area contributed by atoms with Crippen LogP contribution in [0.15, 0.2) is 23.1 Å². The Balaban J connectivity index is 2.98. The largest absolute Gasteiger partial charge is 0.496 e. The van der Waals surface area contributed by atoms with E-state index in [4.69, 9.17) is 10.5 Å². The lowest BCUT2D eigenvalue weighted by molar-refractivity contribution is 0.252. The molecule has 1 rings (SSSR count). The molecular formula is C15H26N2O3S. The lowest BCUT2D eigenvalue weighted by Gasteiger charge is -2.29. The van der Waals surface area contributed by atoms with Crippen LogP contribution in [0, 0.1) is 11.3 Å². The van der Waals surface area contributed by atoms with Gasteiger partial charge in [0.05, 0.1) is 12.0 Å². The summed E-state index contributed by atoms with van der Waals surface area (Å²) in [6.07, 6.45) is 0. The molecule has 5 nitrogen and oxygen atoms in total. The van der Waals surface area contributed by atoms with Crippen molar-refractivity contribution in [3.05, 3.63) is 23.8 Å². The van der Waals surface area contributed by atoms with Gasteiger partial charge in [-0.3, -0.25) is 0 Å². The normalized spacial score (nSPS) is 12.7. The fraction of sp³-hybridized carbons (Fsp3) is 0.600. The molecule has 1 aromatic rings. The standard InChI is InChI=1S/C15H26N2O3S/c1-11(2)15(3,4)10-17-21(18,19)13-6-7-14(20-5)12(8-13)9-16/h6-8,11,17H,9-10,16H2,1-5H3. The summed E-state index contributed by atoms with van der Waals surface area (Å²) in [6.45, 7) is 8.85. The van der Waals surface area contributed by atoms with Gasteiger partial charge in [0.15, 0.2) is 0 Å². The van der Waals surface area contributed by atoms with Gasteiger partial charge in [-0.15, -0.1) is 0 Å². The molecule has 0 bridgehead atoms. The molecule has 0 radical (unpaired) electrons. The number of benzene rings is 1. The van der Waals surface area contributed by atoms with Gasteiger partial charge < -0.3 is 10.5 Å². The van der Waals surface area contributed by atoms with E-state index >= 15 is 0 Å². The highest BCUT2D eigenvalue weighted by atomic mass is 32.2. The minimum Gasteiger partial charge on any atom is -0.496 e. The third-order valence-corrected chi connectivity index (χ3v) is 5.46. The zero-order valence-electron chi connectivity index (χ0n) is 13.4. The van der Waals surface area contributed by atoms with Crippen molar-refractivity contribution in [3.63, 3.8) is 0 Å². The molecule has 0 unspecified atom stereocenters. The maximum absolute atomic E-state index is 12.4. The van der Waals surface area contributed by atoms with Gasteiger partial charge in [0, 0.05) is 18.7 Å². The molecule has 0 aliphatic heterocycles. The number of methoxy groups -OCH3 is 1. The average Bonchev–Trinajstić information content (AvgIpc) is 2.44. The second-order valence-corrected chi connectivity index (χ2v) is 7.91. The van der Waals surface area contributed by atoms with Gasteiger partial charge >= 0.3 is 0 Å². The molecule has 120 valence electrons. The van der Waals surface area contributed by atoms with Crippen molar-refractivity contribution in [2.75, 3.05) is 13.7 Å². The van der Waals surface area contributed by atoms with Crippen LogP contribution < -0.4 is 15.2 Å². The maximum atomic E-state index is 12.4. The molecule has 0 heterocycles. The molecule has 0 aromatic heterocycles. The summed E-state index contributed by atoms with van der Waals surface area (Å²) in [6, 6.07) is 4.72. The van der Waals surface area contributed by atoms with Crippen LogP contribution in [0.1, 0.15) is 33.3 Å². The summed E-state index contributed by atoms with van der Waals surface area (Å²) >= 11 is 0. The van der Waals surface area contributed by atoms with Crippen LogP contribution in [0.25, 0.3) is 0 Å². The van der Waals surface area contributed by atoms with Gasteiger partial charge in [-0.1, -0.05) is 27.7 Å². The average molecular weight is 314 g/mol. The van der Waals surface area contributed by atoms with Gasteiger partial charge in [0.1, 0.15) is 5.75 Å². The van der Waals surface area contributed by atoms with E-state index in [9.17, 15) is 8.42 Å². The summed E-state index contributed by atoms with van der Waals surface area (Å²) in [4.78, 5) is 0.211. The first-order chi connectivity index (χ1) is 9.64. The van der Waals surface area contributed by atoms with E-state index in [0.29, 0.717) is 23.8 Å². The smallest absolute Gasteiger partial charge is 0.240 e. The summed E-state index contributed by atoms with van der Waals surface area (Å²) in [5.41, 5.74) is 6.18. The molecule has 0 fully saturated rings. The summed E-state index contributed by atoms with van der Waals surface area (Å²) in [7, 11) is -2.01. The van der Waals surface area contributed by atoms with Crippen LogP contribution in [-0.4, -0.2) is 22.1 Å². The predicted octanol–water partition coefficient (Wildman–Crippen LogP) is 2.11. The second-order valence-electron chi connectivity index (χ2n) is 6.15. The lowest BCUT2D eigenvalue weighted by atomic mass is 9.81. The highest BCUT2D eigenvalue weighted by Gasteiger charge is 2.25. The highest BCUT2D eigenvalue weighted by Crippen LogP contribution is 2.26. The molecule has 0 atom stereocenters. The Labute approximate surface area is 127 Å². The van der Waals surface area contributed by atoms with Gasteiger partial charge in [-0.25, -0.2) is 13.1 Å². The second kappa shape index (κ2) is 6.77. The fourth-order valence-corrected chi connectivity index (χ4v) is 2.92. The summed E-state index contributed by atoms with van der Waals surface area (Å²) < 4.78 is 32.6. The Morgan fingerprint density at radius 1 is 1.33 bits per heavy atom. The molecule has 3 N–H and O–H groups in total. The van der Waals surface area contributed by atoms with Gasteiger partial charge in [-0.2, -0.15) is 0 Å². The molecule has 0 aliphatic rings. The van der Waals surface area contributed by atoms with Crippen molar-refractivity contribution >= 4 is 10.0 Å². The molecule has 6 heteroatoms. The van der Waals surface area contributed by atoms with Crippen molar-refractivity contribution in [2.45, 2.75) is 39.1 Å². The number of ether oxygens (including phenoxy) is 1. The minimum absolute atomic E-state index is 0.115. The SMILES string of the molecule is COc1ccc(S(=O)(=O)NCC(C)(C)C(C)C)cc1CN. The Kier molecular flexibility index (Phi) is 5.78. The van der Waals surface area contributed by atoms with E-state index in [1.165, 1.54) is 13.2 Å². The maximum Gasteiger partial charge on any atom is 0.240 e.